The summed E-state index contributed by atoms with van der Waals surface area (Å²) in [5, 5.41) is 8.37. The molecular weight excluding hydrogens is 374 g/mol. The number of ether oxygens (including phenoxy) is 2. The summed E-state index contributed by atoms with van der Waals surface area (Å²) in [7, 11) is 1.52. The Morgan fingerprint density at radius 1 is 1.17 bits per heavy atom. The molecule has 1 aliphatic rings. The van der Waals surface area contributed by atoms with Crippen LogP contribution in [0.1, 0.15) is 12.8 Å². The normalized spacial score (nSPS) is 16.2. The Hall–Kier alpha value is -3.49. The highest BCUT2D eigenvalue weighted by atomic mass is 16.5. The van der Waals surface area contributed by atoms with E-state index < -0.39 is 0 Å². The van der Waals surface area contributed by atoms with Crippen molar-refractivity contribution in [3.63, 3.8) is 0 Å². The molecule has 1 amide bonds. The lowest BCUT2D eigenvalue weighted by Crippen LogP contribution is -2.32. The van der Waals surface area contributed by atoms with Gasteiger partial charge in [-0.1, -0.05) is 12.1 Å². The second kappa shape index (κ2) is 8.26. The molecule has 3 aromatic rings. The number of aromatic nitrogens is 4. The third-order valence-electron chi connectivity index (χ3n) is 4.91. The molecule has 9 heteroatoms. The van der Waals surface area contributed by atoms with Gasteiger partial charge in [0.1, 0.15) is 6.10 Å². The van der Waals surface area contributed by atoms with E-state index in [4.69, 9.17) is 9.47 Å². The number of benzene rings is 1. The van der Waals surface area contributed by atoms with Gasteiger partial charge in [0, 0.05) is 38.1 Å². The van der Waals surface area contributed by atoms with E-state index in [1.165, 1.54) is 18.0 Å². The second-order valence-corrected chi connectivity index (χ2v) is 6.79. The van der Waals surface area contributed by atoms with E-state index >= 15 is 0 Å². The number of hydrogen-bond donors (Lipinski definition) is 0. The molecule has 0 N–H and O–H groups in total. The number of nitrogens with zero attached hydrogens (tertiary/aromatic N) is 5. The van der Waals surface area contributed by atoms with Gasteiger partial charge in [0.2, 0.25) is 17.7 Å². The number of hydrogen-bond acceptors (Lipinski definition) is 7. The van der Waals surface area contributed by atoms with E-state index in [-0.39, 0.29) is 24.0 Å². The van der Waals surface area contributed by atoms with Crippen molar-refractivity contribution in [2.24, 2.45) is 0 Å². The van der Waals surface area contributed by atoms with E-state index in [1.54, 1.807) is 35.2 Å². The highest BCUT2D eigenvalue weighted by Crippen LogP contribution is 2.18. The standard InChI is InChI=1S/C20H21N5O4/c1-28-17-6-7-18(23-22-17)29-14-8-10-24(12-14)19(26)9-11-25-13-21-16-5-3-2-4-15(16)20(25)27/h2-7,13-14H,8-12H2,1H3. The molecule has 1 aromatic carbocycles. The van der Waals surface area contributed by atoms with Gasteiger partial charge in [-0.2, -0.15) is 0 Å². The molecule has 0 bridgehead atoms. The Morgan fingerprint density at radius 3 is 2.76 bits per heavy atom. The lowest BCUT2D eigenvalue weighted by atomic mass is 10.2. The first-order valence-corrected chi connectivity index (χ1v) is 9.40. The average molecular weight is 395 g/mol. The minimum absolute atomic E-state index is 0.0167. The van der Waals surface area contributed by atoms with Gasteiger partial charge in [-0.15, -0.1) is 10.2 Å². The number of para-hydroxylation sites is 1. The zero-order valence-electron chi connectivity index (χ0n) is 16.0. The summed E-state index contributed by atoms with van der Waals surface area (Å²) < 4.78 is 12.3. The first-order chi connectivity index (χ1) is 14.1. The first kappa shape index (κ1) is 18.9. The molecule has 1 fully saturated rings. The van der Waals surface area contributed by atoms with Crippen molar-refractivity contribution >= 4 is 16.8 Å². The molecule has 0 spiro atoms. The van der Waals surface area contributed by atoms with Gasteiger partial charge in [-0.25, -0.2) is 4.98 Å². The van der Waals surface area contributed by atoms with Crippen molar-refractivity contribution in [1.29, 1.82) is 0 Å². The van der Waals surface area contributed by atoms with Crippen molar-refractivity contribution in [2.45, 2.75) is 25.5 Å². The number of aryl methyl sites for hydroxylation is 1. The lowest BCUT2D eigenvalue weighted by molar-refractivity contribution is -0.130. The van der Waals surface area contributed by atoms with Gasteiger partial charge in [0.05, 0.1) is 30.9 Å². The zero-order valence-corrected chi connectivity index (χ0v) is 16.0. The van der Waals surface area contributed by atoms with Crippen LogP contribution in [0.4, 0.5) is 0 Å². The summed E-state index contributed by atoms with van der Waals surface area (Å²) in [5.74, 6) is 0.801. The Labute approximate surface area is 166 Å². The summed E-state index contributed by atoms with van der Waals surface area (Å²) in [5.41, 5.74) is 0.519. The summed E-state index contributed by atoms with van der Waals surface area (Å²) in [6.45, 7) is 1.39. The van der Waals surface area contributed by atoms with Crippen LogP contribution in [0.25, 0.3) is 10.9 Å². The van der Waals surface area contributed by atoms with Crippen LogP contribution < -0.4 is 15.0 Å². The number of carbonyl (C=O) groups is 1. The van der Waals surface area contributed by atoms with Crippen LogP contribution >= 0.6 is 0 Å². The summed E-state index contributed by atoms with van der Waals surface area (Å²) in [6.07, 6.45) is 2.31. The van der Waals surface area contributed by atoms with Crippen LogP contribution in [0.3, 0.4) is 0 Å². The number of likely N-dealkylation sites (tertiary alicyclic amines) is 1. The van der Waals surface area contributed by atoms with Gasteiger partial charge in [0.25, 0.3) is 5.56 Å². The SMILES string of the molecule is COc1ccc(OC2CCN(C(=O)CCn3cnc4ccccc4c3=O)C2)nn1. The molecule has 9 nitrogen and oxygen atoms in total. The van der Waals surface area contributed by atoms with Crippen LogP contribution in [0.5, 0.6) is 11.8 Å². The first-order valence-electron chi connectivity index (χ1n) is 9.40. The maximum Gasteiger partial charge on any atom is 0.261 e. The summed E-state index contributed by atoms with van der Waals surface area (Å²) >= 11 is 0. The smallest absolute Gasteiger partial charge is 0.261 e. The van der Waals surface area contributed by atoms with Gasteiger partial charge in [-0.05, 0) is 12.1 Å². The topological polar surface area (TPSA) is 99.4 Å². The number of methoxy groups -OCH3 is 1. The van der Waals surface area contributed by atoms with E-state index in [2.05, 4.69) is 15.2 Å². The van der Waals surface area contributed by atoms with Gasteiger partial charge < -0.3 is 14.4 Å². The molecule has 1 saturated heterocycles. The average Bonchev–Trinajstić information content (AvgIpc) is 3.22. The highest BCUT2D eigenvalue weighted by Gasteiger charge is 2.27. The second-order valence-electron chi connectivity index (χ2n) is 6.79. The van der Waals surface area contributed by atoms with Gasteiger partial charge >= 0.3 is 0 Å². The van der Waals surface area contributed by atoms with Crippen molar-refractivity contribution in [1.82, 2.24) is 24.6 Å². The number of fused-ring (bicyclic) bond motifs is 1. The fourth-order valence-corrected chi connectivity index (χ4v) is 3.34. The number of amides is 1. The molecule has 3 heterocycles. The summed E-state index contributed by atoms with van der Waals surface area (Å²) in [4.78, 5) is 31.1. The van der Waals surface area contributed by atoms with Crippen molar-refractivity contribution in [3.05, 3.63) is 53.1 Å². The molecule has 0 aliphatic carbocycles. The van der Waals surface area contributed by atoms with Crippen LogP contribution in [0.2, 0.25) is 0 Å². The molecule has 2 aromatic heterocycles. The van der Waals surface area contributed by atoms with Crippen LogP contribution in [0, 0.1) is 0 Å². The van der Waals surface area contributed by atoms with Crippen LogP contribution in [0.15, 0.2) is 47.5 Å². The number of carbonyl (C=O) groups excluding carboxylic acids is 1. The lowest BCUT2D eigenvalue weighted by Gasteiger charge is -2.17. The molecule has 150 valence electrons. The maximum absolute atomic E-state index is 12.6. The van der Waals surface area contributed by atoms with Crippen molar-refractivity contribution in [2.75, 3.05) is 20.2 Å². The largest absolute Gasteiger partial charge is 0.480 e. The summed E-state index contributed by atoms with van der Waals surface area (Å²) in [6, 6.07) is 10.5. The monoisotopic (exact) mass is 395 g/mol. The minimum atomic E-state index is -0.135. The molecule has 4 rings (SSSR count). The van der Waals surface area contributed by atoms with E-state index in [0.29, 0.717) is 42.3 Å². The van der Waals surface area contributed by atoms with Gasteiger partial charge in [-0.3, -0.25) is 14.2 Å². The zero-order chi connectivity index (χ0) is 20.2. The van der Waals surface area contributed by atoms with Crippen LogP contribution in [-0.4, -0.2) is 56.9 Å². The molecular formula is C20H21N5O4. The quantitative estimate of drug-likeness (QED) is 0.620. The van der Waals surface area contributed by atoms with E-state index in [1.807, 2.05) is 6.07 Å². The van der Waals surface area contributed by atoms with Gasteiger partial charge in [0.15, 0.2) is 0 Å². The van der Waals surface area contributed by atoms with Crippen LogP contribution in [-0.2, 0) is 11.3 Å². The Morgan fingerprint density at radius 2 is 1.97 bits per heavy atom. The predicted molar refractivity (Wildman–Crippen MR) is 105 cm³/mol. The molecule has 1 unspecified atom stereocenters. The Balaban J connectivity index is 1.32. The molecule has 1 atom stereocenters. The molecule has 29 heavy (non-hydrogen) atoms. The Kier molecular flexibility index (Phi) is 5.37. The minimum Gasteiger partial charge on any atom is -0.480 e. The molecule has 0 radical (unpaired) electrons. The fourth-order valence-electron chi connectivity index (χ4n) is 3.34. The Bertz CT molecular complexity index is 1070. The third-order valence-corrected chi connectivity index (χ3v) is 4.91. The molecule has 0 saturated carbocycles. The van der Waals surface area contributed by atoms with Crippen molar-refractivity contribution < 1.29 is 14.3 Å². The number of rotatable bonds is 6. The van der Waals surface area contributed by atoms with E-state index in [9.17, 15) is 9.59 Å². The fraction of sp³-hybridized carbons (Fsp3) is 0.350. The van der Waals surface area contributed by atoms with E-state index in [0.717, 1.165) is 6.42 Å². The van der Waals surface area contributed by atoms with Crippen molar-refractivity contribution in [3.8, 4) is 11.8 Å². The highest BCUT2D eigenvalue weighted by molar-refractivity contribution is 5.77. The maximum atomic E-state index is 12.6. The molecule has 1 aliphatic heterocycles. The predicted octanol–water partition coefficient (Wildman–Crippen LogP) is 1.27. The third kappa shape index (κ3) is 4.18.